The van der Waals surface area contributed by atoms with E-state index >= 15 is 0 Å². The molecule has 0 aliphatic carbocycles. The van der Waals surface area contributed by atoms with E-state index in [-0.39, 0.29) is 5.91 Å². The van der Waals surface area contributed by atoms with Gasteiger partial charge in [-0.15, -0.1) is 0 Å². The lowest BCUT2D eigenvalue weighted by molar-refractivity contribution is 0.102. The van der Waals surface area contributed by atoms with E-state index in [1.54, 1.807) is 36.5 Å². The van der Waals surface area contributed by atoms with Gasteiger partial charge in [0, 0.05) is 36.6 Å². The zero-order valence-electron chi connectivity index (χ0n) is 12.2. The first-order chi connectivity index (χ1) is 10.7. The van der Waals surface area contributed by atoms with Gasteiger partial charge in [-0.1, -0.05) is 12.1 Å². The minimum atomic E-state index is -0.188. The summed E-state index contributed by atoms with van der Waals surface area (Å²) >= 11 is 0. The number of ether oxygens (including phenoxy) is 1. The summed E-state index contributed by atoms with van der Waals surface area (Å²) in [4.78, 5) is 18.7. The van der Waals surface area contributed by atoms with Crippen molar-refractivity contribution in [2.24, 2.45) is 0 Å². The largest absolute Gasteiger partial charge is 0.378 e. The third-order valence-corrected chi connectivity index (χ3v) is 3.49. The Morgan fingerprint density at radius 2 is 2.05 bits per heavy atom. The van der Waals surface area contributed by atoms with Crippen LogP contribution >= 0.6 is 0 Å². The number of hydrogen-bond acceptors (Lipinski definition) is 4. The fourth-order valence-electron chi connectivity index (χ4n) is 2.34. The first kappa shape index (κ1) is 14.5. The van der Waals surface area contributed by atoms with Gasteiger partial charge in [0.25, 0.3) is 5.91 Å². The van der Waals surface area contributed by atoms with Gasteiger partial charge in [-0.05, 0) is 30.7 Å². The molecule has 3 rings (SSSR count). The number of morpholine rings is 1. The summed E-state index contributed by atoms with van der Waals surface area (Å²) in [6.07, 6.45) is 1.69. The van der Waals surface area contributed by atoms with Gasteiger partial charge in [-0.2, -0.15) is 0 Å². The Bertz CT molecular complexity index is 666. The molecule has 112 valence electrons. The number of pyridine rings is 1. The molecule has 22 heavy (non-hydrogen) atoms. The Labute approximate surface area is 129 Å². The minimum Gasteiger partial charge on any atom is -0.378 e. The van der Waals surface area contributed by atoms with E-state index in [9.17, 15) is 4.79 Å². The zero-order chi connectivity index (χ0) is 15.4. The van der Waals surface area contributed by atoms with E-state index in [1.165, 1.54) is 0 Å². The van der Waals surface area contributed by atoms with Crippen LogP contribution in [0.4, 0.5) is 11.5 Å². The van der Waals surface area contributed by atoms with E-state index in [0.29, 0.717) is 30.0 Å². The molecule has 0 saturated carbocycles. The smallest absolute Gasteiger partial charge is 0.255 e. The van der Waals surface area contributed by atoms with Crippen molar-refractivity contribution < 1.29 is 9.53 Å². The van der Waals surface area contributed by atoms with E-state index < -0.39 is 0 Å². The van der Waals surface area contributed by atoms with Gasteiger partial charge in [0.1, 0.15) is 5.82 Å². The van der Waals surface area contributed by atoms with Crippen LogP contribution < -0.4 is 10.2 Å². The SMILES string of the molecule is [CH]c1cccc(C(=O)Nc2ccnc(N3CCOCC3)c2)c1. The third-order valence-electron chi connectivity index (χ3n) is 3.49. The molecular weight excluding hydrogens is 278 g/mol. The van der Waals surface area contributed by atoms with Crippen LogP contribution in [0.25, 0.3) is 0 Å². The number of nitrogens with zero attached hydrogens (tertiary/aromatic N) is 2. The van der Waals surface area contributed by atoms with E-state index in [0.717, 1.165) is 18.9 Å². The molecule has 1 saturated heterocycles. The molecule has 0 atom stereocenters. The molecular formula is C17H17N3O2. The average Bonchev–Trinajstić information content (AvgIpc) is 2.56. The summed E-state index contributed by atoms with van der Waals surface area (Å²) in [5, 5.41) is 2.87. The van der Waals surface area contributed by atoms with E-state index in [4.69, 9.17) is 11.7 Å². The second-order valence-corrected chi connectivity index (χ2v) is 5.08. The Morgan fingerprint density at radius 3 is 2.82 bits per heavy atom. The normalized spacial score (nSPS) is 14.7. The van der Waals surface area contributed by atoms with Gasteiger partial charge in [-0.25, -0.2) is 4.98 Å². The number of nitrogens with one attached hydrogen (secondary N) is 1. The molecule has 0 unspecified atom stereocenters. The van der Waals surface area contributed by atoms with Crippen molar-refractivity contribution in [1.82, 2.24) is 4.98 Å². The summed E-state index contributed by atoms with van der Waals surface area (Å²) < 4.78 is 5.33. The minimum absolute atomic E-state index is 0.188. The van der Waals surface area contributed by atoms with Crippen molar-refractivity contribution >= 4 is 17.4 Å². The Kier molecular flexibility index (Phi) is 4.34. The van der Waals surface area contributed by atoms with Crippen LogP contribution in [-0.4, -0.2) is 37.2 Å². The molecule has 5 heteroatoms. The molecule has 1 aromatic heterocycles. The number of benzene rings is 1. The maximum absolute atomic E-state index is 12.2. The van der Waals surface area contributed by atoms with Gasteiger partial charge in [0.2, 0.25) is 0 Å². The van der Waals surface area contributed by atoms with Gasteiger partial charge < -0.3 is 15.0 Å². The van der Waals surface area contributed by atoms with Crippen LogP contribution in [-0.2, 0) is 4.74 Å². The summed E-state index contributed by atoms with van der Waals surface area (Å²) in [6, 6.07) is 10.5. The highest BCUT2D eigenvalue weighted by Gasteiger charge is 2.13. The highest BCUT2D eigenvalue weighted by molar-refractivity contribution is 6.04. The quantitative estimate of drug-likeness (QED) is 0.943. The molecule has 2 radical (unpaired) electrons. The second-order valence-electron chi connectivity index (χ2n) is 5.08. The monoisotopic (exact) mass is 295 g/mol. The number of aromatic nitrogens is 1. The van der Waals surface area contributed by atoms with Crippen LogP contribution in [0.1, 0.15) is 15.9 Å². The summed E-state index contributed by atoms with van der Waals surface area (Å²) in [5.74, 6) is 0.653. The van der Waals surface area contributed by atoms with E-state index in [2.05, 4.69) is 15.2 Å². The first-order valence-corrected chi connectivity index (χ1v) is 7.18. The maximum Gasteiger partial charge on any atom is 0.255 e. The first-order valence-electron chi connectivity index (χ1n) is 7.18. The highest BCUT2D eigenvalue weighted by Crippen LogP contribution is 2.18. The van der Waals surface area contributed by atoms with Crippen LogP contribution in [0.15, 0.2) is 42.6 Å². The fraction of sp³-hybridized carbons (Fsp3) is 0.235. The van der Waals surface area contributed by atoms with Crippen LogP contribution in [0.2, 0.25) is 0 Å². The van der Waals surface area contributed by atoms with Crippen molar-refractivity contribution in [2.45, 2.75) is 0 Å². The van der Waals surface area contributed by atoms with Crippen molar-refractivity contribution in [3.63, 3.8) is 0 Å². The number of amides is 1. The number of hydrogen-bond donors (Lipinski definition) is 1. The van der Waals surface area contributed by atoms with Crippen LogP contribution in [0, 0.1) is 6.92 Å². The van der Waals surface area contributed by atoms with E-state index in [1.807, 2.05) is 6.07 Å². The molecule has 0 bridgehead atoms. The second kappa shape index (κ2) is 6.58. The van der Waals surface area contributed by atoms with Crippen molar-refractivity contribution in [1.29, 1.82) is 0 Å². The van der Waals surface area contributed by atoms with Gasteiger partial charge in [0.15, 0.2) is 0 Å². The number of carbonyl (C=O) groups excluding carboxylic acids is 1. The van der Waals surface area contributed by atoms with Crippen molar-refractivity contribution in [2.75, 3.05) is 36.5 Å². The van der Waals surface area contributed by atoms with Gasteiger partial charge in [0.05, 0.1) is 13.2 Å². The van der Waals surface area contributed by atoms with Crippen molar-refractivity contribution in [3.05, 3.63) is 60.6 Å². The van der Waals surface area contributed by atoms with Gasteiger partial charge >= 0.3 is 0 Å². The standard InChI is InChI=1S/C17H17N3O2/c1-13-3-2-4-14(11-13)17(21)19-15-5-6-18-16(12-15)20-7-9-22-10-8-20/h1-6,11-12H,7-10H2,(H,18,19,21). The number of rotatable bonds is 3. The number of anilines is 2. The molecule has 2 aromatic rings. The summed E-state index contributed by atoms with van der Waals surface area (Å²) in [5.41, 5.74) is 1.81. The molecule has 1 amide bonds. The van der Waals surface area contributed by atoms with Crippen LogP contribution in [0.5, 0.6) is 0 Å². The number of carbonyl (C=O) groups is 1. The lowest BCUT2D eigenvalue weighted by Crippen LogP contribution is -2.36. The Morgan fingerprint density at radius 1 is 1.23 bits per heavy atom. The predicted molar refractivity (Wildman–Crippen MR) is 85.1 cm³/mol. The molecule has 5 nitrogen and oxygen atoms in total. The third kappa shape index (κ3) is 3.43. The lowest BCUT2D eigenvalue weighted by atomic mass is 10.1. The maximum atomic E-state index is 12.2. The summed E-state index contributed by atoms with van der Waals surface area (Å²) in [7, 11) is 0. The summed E-state index contributed by atoms with van der Waals surface area (Å²) in [6.45, 7) is 8.71. The Balaban J connectivity index is 1.73. The van der Waals surface area contributed by atoms with Crippen molar-refractivity contribution in [3.8, 4) is 0 Å². The molecule has 1 aliphatic rings. The molecule has 1 fully saturated rings. The fourth-order valence-corrected chi connectivity index (χ4v) is 2.34. The highest BCUT2D eigenvalue weighted by atomic mass is 16.5. The zero-order valence-corrected chi connectivity index (χ0v) is 12.2. The molecule has 1 aliphatic heterocycles. The molecule has 0 spiro atoms. The Hall–Kier alpha value is -2.40. The van der Waals surface area contributed by atoms with Crippen LogP contribution in [0.3, 0.4) is 0 Å². The molecule has 1 N–H and O–H groups in total. The lowest BCUT2D eigenvalue weighted by Gasteiger charge is -2.28. The molecule has 2 heterocycles. The average molecular weight is 295 g/mol. The topological polar surface area (TPSA) is 54.5 Å². The molecule has 1 aromatic carbocycles. The van der Waals surface area contributed by atoms with Gasteiger partial charge in [-0.3, -0.25) is 4.79 Å². The predicted octanol–water partition coefficient (Wildman–Crippen LogP) is 2.23.